The van der Waals surface area contributed by atoms with Crippen LogP contribution in [0.3, 0.4) is 0 Å². The molecular formula is C17H19N3. The lowest BCUT2D eigenvalue weighted by atomic mass is 10.1. The Kier molecular flexibility index (Phi) is 4.62. The van der Waals surface area contributed by atoms with Crippen LogP contribution in [0.15, 0.2) is 48.5 Å². The van der Waals surface area contributed by atoms with Gasteiger partial charge in [-0.1, -0.05) is 31.5 Å². The van der Waals surface area contributed by atoms with E-state index in [1.54, 1.807) is 12.1 Å². The average Bonchev–Trinajstić information content (AvgIpc) is 2.50. The summed E-state index contributed by atoms with van der Waals surface area (Å²) in [6.45, 7) is 3.05. The second-order valence-corrected chi connectivity index (χ2v) is 4.73. The van der Waals surface area contributed by atoms with Crippen molar-refractivity contribution in [2.75, 3.05) is 17.2 Å². The van der Waals surface area contributed by atoms with Gasteiger partial charge >= 0.3 is 0 Å². The SMILES string of the molecule is CCCCN(c1ccccc1)c1cc(C#N)ccc1N. The minimum absolute atomic E-state index is 0.631. The monoisotopic (exact) mass is 265 g/mol. The van der Waals surface area contributed by atoms with E-state index < -0.39 is 0 Å². The molecule has 0 heterocycles. The number of unbranched alkanes of at least 4 members (excludes halogenated alkanes) is 1. The Morgan fingerprint density at radius 3 is 2.55 bits per heavy atom. The summed E-state index contributed by atoms with van der Waals surface area (Å²) in [6, 6.07) is 17.7. The molecule has 102 valence electrons. The van der Waals surface area contributed by atoms with Crippen LogP contribution in [-0.2, 0) is 0 Å². The van der Waals surface area contributed by atoms with Crippen molar-refractivity contribution < 1.29 is 0 Å². The smallest absolute Gasteiger partial charge is 0.0992 e. The van der Waals surface area contributed by atoms with E-state index in [1.165, 1.54) is 0 Å². The highest BCUT2D eigenvalue weighted by Crippen LogP contribution is 2.31. The standard InChI is InChI=1S/C17H19N3/c1-2-3-11-20(15-7-5-4-6-8-15)17-12-14(13-18)9-10-16(17)19/h4-10,12H,2-3,11,19H2,1H3. The molecule has 0 bridgehead atoms. The van der Waals surface area contributed by atoms with Crippen LogP contribution in [-0.4, -0.2) is 6.54 Å². The van der Waals surface area contributed by atoms with Gasteiger partial charge < -0.3 is 10.6 Å². The van der Waals surface area contributed by atoms with Gasteiger partial charge in [0.25, 0.3) is 0 Å². The highest BCUT2D eigenvalue weighted by Gasteiger charge is 2.12. The number of hydrogen-bond acceptors (Lipinski definition) is 3. The molecule has 0 fully saturated rings. The van der Waals surface area contributed by atoms with Crippen molar-refractivity contribution in [2.45, 2.75) is 19.8 Å². The summed E-state index contributed by atoms with van der Waals surface area (Å²) in [6.07, 6.45) is 2.19. The summed E-state index contributed by atoms with van der Waals surface area (Å²) < 4.78 is 0. The third-order valence-corrected chi connectivity index (χ3v) is 3.25. The van der Waals surface area contributed by atoms with Gasteiger partial charge in [0.15, 0.2) is 0 Å². The van der Waals surface area contributed by atoms with E-state index in [-0.39, 0.29) is 0 Å². The molecule has 2 aromatic rings. The van der Waals surface area contributed by atoms with Crippen LogP contribution >= 0.6 is 0 Å². The molecular weight excluding hydrogens is 246 g/mol. The Hall–Kier alpha value is -2.47. The van der Waals surface area contributed by atoms with Gasteiger partial charge in [-0.15, -0.1) is 0 Å². The van der Waals surface area contributed by atoms with Crippen molar-refractivity contribution in [1.29, 1.82) is 5.26 Å². The molecule has 0 aliphatic heterocycles. The Labute approximate surface area is 120 Å². The highest BCUT2D eigenvalue weighted by molar-refractivity contribution is 5.76. The molecule has 3 nitrogen and oxygen atoms in total. The molecule has 2 rings (SSSR count). The zero-order valence-electron chi connectivity index (χ0n) is 11.7. The molecule has 0 saturated carbocycles. The van der Waals surface area contributed by atoms with E-state index in [2.05, 4.69) is 30.0 Å². The van der Waals surface area contributed by atoms with Crippen molar-refractivity contribution in [1.82, 2.24) is 0 Å². The number of nitrogen functional groups attached to an aromatic ring is 1. The molecule has 0 aliphatic rings. The van der Waals surface area contributed by atoms with Crippen molar-refractivity contribution in [2.24, 2.45) is 0 Å². The van der Waals surface area contributed by atoms with Gasteiger partial charge in [-0.05, 0) is 36.8 Å². The van der Waals surface area contributed by atoms with E-state index >= 15 is 0 Å². The first kappa shape index (κ1) is 14.0. The topological polar surface area (TPSA) is 53.0 Å². The fourth-order valence-electron chi connectivity index (χ4n) is 2.16. The van der Waals surface area contributed by atoms with Gasteiger partial charge in [0.1, 0.15) is 0 Å². The van der Waals surface area contributed by atoms with Crippen molar-refractivity contribution in [3.63, 3.8) is 0 Å². The second-order valence-electron chi connectivity index (χ2n) is 4.73. The molecule has 0 amide bonds. The van der Waals surface area contributed by atoms with Crippen LogP contribution in [0.1, 0.15) is 25.3 Å². The molecule has 0 radical (unpaired) electrons. The van der Waals surface area contributed by atoms with Crippen LogP contribution in [0.4, 0.5) is 17.1 Å². The third kappa shape index (κ3) is 3.10. The van der Waals surface area contributed by atoms with E-state index in [0.717, 1.165) is 30.8 Å². The number of anilines is 3. The lowest BCUT2D eigenvalue weighted by molar-refractivity contribution is 0.786. The van der Waals surface area contributed by atoms with E-state index in [1.807, 2.05) is 24.3 Å². The maximum atomic E-state index is 9.07. The van der Waals surface area contributed by atoms with Gasteiger partial charge in [-0.25, -0.2) is 0 Å². The number of hydrogen-bond donors (Lipinski definition) is 1. The molecule has 0 saturated heterocycles. The lowest BCUT2D eigenvalue weighted by Crippen LogP contribution is -2.19. The molecule has 0 aromatic heterocycles. The number of nitrogens with zero attached hydrogens (tertiary/aromatic N) is 2. The molecule has 2 aromatic carbocycles. The van der Waals surface area contributed by atoms with E-state index in [4.69, 9.17) is 11.0 Å². The Morgan fingerprint density at radius 1 is 1.15 bits per heavy atom. The molecule has 0 spiro atoms. The number of rotatable bonds is 5. The summed E-state index contributed by atoms with van der Waals surface area (Å²) in [7, 11) is 0. The van der Waals surface area contributed by atoms with Gasteiger partial charge in [0, 0.05) is 12.2 Å². The van der Waals surface area contributed by atoms with E-state index in [9.17, 15) is 0 Å². The molecule has 0 atom stereocenters. The van der Waals surface area contributed by atoms with Crippen LogP contribution in [0.5, 0.6) is 0 Å². The fourth-order valence-corrected chi connectivity index (χ4v) is 2.16. The van der Waals surface area contributed by atoms with E-state index in [0.29, 0.717) is 11.3 Å². The quantitative estimate of drug-likeness (QED) is 0.829. The van der Waals surface area contributed by atoms with Gasteiger partial charge in [0.05, 0.1) is 23.0 Å². The first-order valence-corrected chi connectivity index (χ1v) is 6.88. The highest BCUT2D eigenvalue weighted by atomic mass is 15.1. The van der Waals surface area contributed by atoms with Gasteiger partial charge in [0.2, 0.25) is 0 Å². The largest absolute Gasteiger partial charge is 0.397 e. The molecule has 2 N–H and O–H groups in total. The zero-order chi connectivity index (χ0) is 14.4. The minimum atomic E-state index is 0.631. The fraction of sp³-hybridized carbons (Fsp3) is 0.235. The summed E-state index contributed by atoms with van der Waals surface area (Å²) in [5, 5.41) is 9.07. The second kappa shape index (κ2) is 6.63. The van der Waals surface area contributed by atoms with Crippen LogP contribution < -0.4 is 10.6 Å². The summed E-state index contributed by atoms with van der Waals surface area (Å²) in [5.74, 6) is 0. The molecule has 0 unspecified atom stereocenters. The Bertz CT molecular complexity index is 599. The van der Waals surface area contributed by atoms with Gasteiger partial charge in [-0.2, -0.15) is 5.26 Å². The Morgan fingerprint density at radius 2 is 1.90 bits per heavy atom. The predicted molar refractivity (Wildman–Crippen MR) is 83.9 cm³/mol. The van der Waals surface area contributed by atoms with Crippen LogP contribution in [0.2, 0.25) is 0 Å². The number of benzene rings is 2. The first-order valence-electron chi connectivity index (χ1n) is 6.88. The summed E-state index contributed by atoms with van der Waals surface area (Å²) in [4.78, 5) is 2.18. The molecule has 0 aliphatic carbocycles. The number of para-hydroxylation sites is 1. The van der Waals surface area contributed by atoms with Crippen LogP contribution in [0, 0.1) is 11.3 Å². The minimum Gasteiger partial charge on any atom is -0.397 e. The molecule has 20 heavy (non-hydrogen) atoms. The third-order valence-electron chi connectivity index (χ3n) is 3.25. The van der Waals surface area contributed by atoms with Crippen molar-refractivity contribution >= 4 is 17.1 Å². The predicted octanol–water partition coefficient (Wildman–Crippen LogP) is 4.08. The van der Waals surface area contributed by atoms with Crippen molar-refractivity contribution in [3.8, 4) is 6.07 Å². The summed E-state index contributed by atoms with van der Waals surface area (Å²) in [5.41, 5.74) is 9.44. The van der Waals surface area contributed by atoms with Gasteiger partial charge in [-0.3, -0.25) is 0 Å². The first-order chi connectivity index (χ1) is 9.76. The molecule has 3 heteroatoms. The summed E-state index contributed by atoms with van der Waals surface area (Å²) >= 11 is 0. The lowest BCUT2D eigenvalue weighted by Gasteiger charge is -2.26. The number of nitrogens with two attached hydrogens (primary N) is 1. The number of nitriles is 1. The maximum Gasteiger partial charge on any atom is 0.0992 e. The van der Waals surface area contributed by atoms with Crippen molar-refractivity contribution in [3.05, 3.63) is 54.1 Å². The zero-order valence-corrected chi connectivity index (χ0v) is 11.7. The Balaban J connectivity index is 2.44. The van der Waals surface area contributed by atoms with Crippen LogP contribution in [0.25, 0.3) is 0 Å². The average molecular weight is 265 g/mol. The normalized spacial score (nSPS) is 10.0. The maximum absolute atomic E-state index is 9.07.